The monoisotopic (exact) mass is 193 g/mol. The van der Waals surface area contributed by atoms with E-state index in [2.05, 4.69) is 25.3 Å². The van der Waals surface area contributed by atoms with Crippen molar-refractivity contribution < 1.29 is 4.79 Å². The third-order valence-electron chi connectivity index (χ3n) is 1.53. The minimum absolute atomic E-state index is 0.0277. The van der Waals surface area contributed by atoms with Crippen molar-refractivity contribution in [3.05, 3.63) is 24.3 Å². The van der Waals surface area contributed by atoms with E-state index in [1.807, 2.05) is 0 Å². The van der Waals surface area contributed by atoms with Gasteiger partial charge >= 0.3 is 0 Å². The Balaban J connectivity index is 2.14. The van der Waals surface area contributed by atoms with Crippen LogP contribution < -0.4 is 5.73 Å². The Kier molecular flexibility index (Phi) is 1.94. The van der Waals surface area contributed by atoms with E-state index in [-0.39, 0.29) is 5.82 Å². The largest absolute Gasteiger partial charge is 0.363 e. The molecule has 8 heteroatoms. The summed E-state index contributed by atoms with van der Waals surface area (Å²) in [5, 5.41) is 10.1. The van der Waals surface area contributed by atoms with Crippen molar-refractivity contribution in [3.8, 4) is 0 Å². The van der Waals surface area contributed by atoms with Gasteiger partial charge in [-0.05, 0) is 0 Å². The molecule has 0 saturated carbocycles. The molecule has 0 unspecified atom stereocenters. The van der Waals surface area contributed by atoms with Gasteiger partial charge in [-0.1, -0.05) is 0 Å². The maximum atomic E-state index is 10.7. The Labute approximate surface area is 78.2 Å². The highest BCUT2D eigenvalue weighted by Crippen LogP contribution is 1.94. The smallest absolute Gasteiger partial charge is 0.288 e. The summed E-state index contributed by atoms with van der Waals surface area (Å²) in [6.07, 6.45) is 2.94. The lowest BCUT2D eigenvalue weighted by Gasteiger charge is -1.93. The Morgan fingerprint density at radius 2 is 2.50 bits per heavy atom. The van der Waals surface area contributed by atoms with Gasteiger partial charge in [-0.25, -0.2) is 14.6 Å². The fourth-order valence-electron chi connectivity index (χ4n) is 0.944. The molecule has 8 nitrogen and oxygen atoms in total. The number of H-pyrrole nitrogens is 1. The van der Waals surface area contributed by atoms with Crippen LogP contribution >= 0.6 is 0 Å². The van der Waals surface area contributed by atoms with E-state index >= 15 is 0 Å². The maximum absolute atomic E-state index is 10.7. The summed E-state index contributed by atoms with van der Waals surface area (Å²) in [4.78, 5) is 18.3. The molecule has 0 spiro atoms. The number of carbonyl (C=O) groups excluding carboxylic acids is 1. The quantitative estimate of drug-likeness (QED) is 0.618. The van der Waals surface area contributed by atoms with Crippen molar-refractivity contribution in [1.29, 1.82) is 0 Å². The molecule has 14 heavy (non-hydrogen) atoms. The van der Waals surface area contributed by atoms with Gasteiger partial charge in [0.2, 0.25) is 5.82 Å². The first-order chi connectivity index (χ1) is 6.75. The highest BCUT2D eigenvalue weighted by atomic mass is 16.1. The van der Waals surface area contributed by atoms with Crippen molar-refractivity contribution in [3.63, 3.8) is 0 Å². The molecule has 2 heterocycles. The van der Waals surface area contributed by atoms with Gasteiger partial charge in [-0.15, -0.1) is 5.10 Å². The molecule has 0 saturated heterocycles. The third-order valence-corrected chi connectivity index (χ3v) is 1.53. The van der Waals surface area contributed by atoms with Crippen molar-refractivity contribution in [2.75, 3.05) is 0 Å². The van der Waals surface area contributed by atoms with Gasteiger partial charge in [0.15, 0.2) is 0 Å². The van der Waals surface area contributed by atoms with Crippen LogP contribution in [0.5, 0.6) is 0 Å². The second-order valence-corrected chi connectivity index (χ2v) is 2.56. The molecule has 0 bridgehead atoms. The number of nitrogens with zero attached hydrogens (tertiary/aromatic N) is 5. The number of aromatic amines is 1. The molecule has 1 amide bonds. The van der Waals surface area contributed by atoms with E-state index in [0.29, 0.717) is 12.4 Å². The zero-order chi connectivity index (χ0) is 9.97. The minimum Gasteiger partial charge on any atom is -0.363 e. The van der Waals surface area contributed by atoms with E-state index in [0.717, 1.165) is 0 Å². The number of nitrogens with one attached hydrogen (secondary N) is 1. The summed E-state index contributed by atoms with van der Waals surface area (Å²) in [6.45, 7) is 0.375. The highest BCUT2D eigenvalue weighted by molar-refractivity contribution is 5.88. The van der Waals surface area contributed by atoms with Crippen LogP contribution in [-0.2, 0) is 6.54 Å². The zero-order valence-corrected chi connectivity index (χ0v) is 7.08. The van der Waals surface area contributed by atoms with Crippen molar-refractivity contribution >= 4 is 5.91 Å². The molecule has 0 radical (unpaired) electrons. The Morgan fingerprint density at radius 3 is 3.07 bits per heavy atom. The van der Waals surface area contributed by atoms with Crippen LogP contribution in [0, 0.1) is 0 Å². The second kappa shape index (κ2) is 3.24. The molecule has 72 valence electrons. The lowest BCUT2D eigenvalue weighted by molar-refractivity contribution is 0.0991. The van der Waals surface area contributed by atoms with Crippen LogP contribution in [0.25, 0.3) is 0 Å². The molecule has 0 aromatic carbocycles. The standard InChI is InChI=1S/C6H7N7O/c7-5(14)6-10-4(11-12-6)1-13-3-8-2-9-13/h2-3H,1H2,(H2,7,14)(H,10,11,12). The van der Waals surface area contributed by atoms with Crippen LogP contribution in [0.1, 0.15) is 16.4 Å². The Bertz CT molecular complexity index is 431. The summed E-state index contributed by atoms with van der Waals surface area (Å²) in [5.74, 6) is -0.185. The Morgan fingerprint density at radius 1 is 1.64 bits per heavy atom. The van der Waals surface area contributed by atoms with Gasteiger partial charge in [0.25, 0.3) is 5.91 Å². The first kappa shape index (κ1) is 8.35. The first-order valence-corrected chi connectivity index (χ1v) is 3.79. The highest BCUT2D eigenvalue weighted by Gasteiger charge is 2.08. The second-order valence-electron chi connectivity index (χ2n) is 2.56. The van der Waals surface area contributed by atoms with Crippen molar-refractivity contribution in [2.45, 2.75) is 6.54 Å². The normalized spacial score (nSPS) is 10.3. The van der Waals surface area contributed by atoms with E-state index in [1.165, 1.54) is 12.7 Å². The number of hydrogen-bond donors (Lipinski definition) is 2. The summed E-state index contributed by atoms with van der Waals surface area (Å²) >= 11 is 0. The van der Waals surface area contributed by atoms with Gasteiger partial charge in [0.05, 0.1) is 0 Å². The summed E-state index contributed by atoms with van der Waals surface area (Å²) in [6, 6.07) is 0. The molecule has 0 aliphatic rings. The predicted molar refractivity (Wildman–Crippen MR) is 44.0 cm³/mol. The summed E-state index contributed by atoms with van der Waals surface area (Å²) < 4.78 is 1.55. The maximum Gasteiger partial charge on any atom is 0.288 e. The molecule has 0 aliphatic carbocycles. The molecular formula is C6H7N7O. The van der Waals surface area contributed by atoms with Crippen LogP contribution in [0.4, 0.5) is 0 Å². The fraction of sp³-hybridized carbons (Fsp3) is 0.167. The molecule has 3 N–H and O–H groups in total. The molecule has 0 fully saturated rings. The van der Waals surface area contributed by atoms with Gasteiger partial charge in [-0.3, -0.25) is 9.89 Å². The minimum atomic E-state index is -0.661. The zero-order valence-electron chi connectivity index (χ0n) is 7.08. The molecular weight excluding hydrogens is 186 g/mol. The van der Waals surface area contributed by atoms with Crippen LogP contribution in [0.3, 0.4) is 0 Å². The molecule has 2 aromatic heterocycles. The van der Waals surface area contributed by atoms with Crippen LogP contribution in [0.2, 0.25) is 0 Å². The number of amides is 1. The number of primary amides is 1. The van der Waals surface area contributed by atoms with Gasteiger partial charge in [0.1, 0.15) is 25.0 Å². The molecule has 2 aromatic rings. The van der Waals surface area contributed by atoms with Crippen LogP contribution in [-0.4, -0.2) is 35.9 Å². The number of nitrogens with two attached hydrogens (primary N) is 1. The SMILES string of the molecule is NC(=O)c1n[nH]c(Cn2cncn2)n1. The Hall–Kier alpha value is -2.25. The molecule has 0 aliphatic heterocycles. The van der Waals surface area contributed by atoms with Crippen molar-refractivity contribution in [1.82, 2.24) is 29.9 Å². The number of hydrogen-bond acceptors (Lipinski definition) is 5. The average Bonchev–Trinajstić information content (AvgIpc) is 2.75. The van der Waals surface area contributed by atoms with E-state index < -0.39 is 5.91 Å². The van der Waals surface area contributed by atoms with Crippen molar-refractivity contribution in [2.24, 2.45) is 5.73 Å². The number of carbonyl (C=O) groups is 1. The van der Waals surface area contributed by atoms with E-state index in [4.69, 9.17) is 5.73 Å². The van der Waals surface area contributed by atoms with Gasteiger partial charge in [0, 0.05) is 0 Å². The fourth-order valence-corrected chi connectivity index (χ4v) is 0.944. The average molecular weight is 193 g/mol. The van der Waals surface area contributed by atoms with Crippen LogP contribution in [0.15, 0.2) is 12.7 Å². The van der Waals surface area contributed by atoms with Gasteiger partial charge in [-0.2, -0.15) is 5.10 Å². The number of rotatable bonds is 3. The lowest BCUT2D eigenvalue weighted by atomic mass is 10.6. The molecule has 2 rings (SSSR count). The number of aromatic nitrogens is 6. The topological polar surface area (TPSA) is 115 Å². The van der Waals surface area contributed by atoms with E-state index in [9.17, 15) is 4.79 Å². The van der Waals surface area contributed by atoms with E-state index in [1.54, 1.807) is 4.68 Å². The summed E-state index contributed by atoms with van der Waals surface area (Å²) in [5.41, 5.74) is 4.98. The predicted octanol–water partition coefficient (Wildman–Crippen LogP) is -1.46. The molecule has 0 atom stereocenters. The first-order valence-electron chi connectivity index (χ1n) is 3.79. The third kappa shape index (κ3) is 1.58. The summed E-state index contributed by atoms with van der Waals surface area (Å²) in [7, 11) is 0. The lowest BCUT2D eigenvalue weighted by Crippen LogP contribution is -2.13. The van der Waals surface area contributed by atoms with Gasteiger partial charge < -0.3 is 5.73 Å².